The second kappa shape index (κ2) is 3.99. The summed E-state index contributed by atoms with van der Waals surface area (Å²) >= 11 is 0. The van der Waals surface area contributed by atoms with Crippen molar-refractivity contribution in [3.8, 4) is 0 Å². The highest BCUT2D eigenvalue weighted by molar-refractivity contribution is 7.89. The SMILES string of the molecule is O=S1(=O)NCCCc2ccc(C(F)(F)F)cc21. The summed E-state index contributed by atoms with van der Waals surface area (Å²) in [6.45, 7) is 0.248. The Bertz CT molecular complexity index is 537. The first-order valence-electron chi connectivity index (χ1n) is 5.00. The average molecular weight is 265 g/mol. The van der Waals surface area contributed by atoms with E-state index in [1.165, 1.54) is 6.07 Å². The second-order valence-corrected chi connectivity index (χ2v) is 5.56. The molecule has 0 atom stereocenters. The molecule has 0 saturated carbocycles. The van der Waals surface area contributed by atoms with Crippen molar-refractivity contribution in [3.05, 3.63) is 29.3 Å². The first kappa shape index (κ1) is 12.4. The van der Waals surface area contributed by atoms with Crippen molar-refractivity contribution in [1.82, 2.24) is 4.72 Å². The molecule has 0 radical (unpaired) electrons. The third-order valence-corrected chi connectivity index (χ3v) is 4.14. The van der Waals surface area contributed by atoms with E-state index in [0.717, 1.165) is 6.07 Å². The predicted octanol–water partition coefficient (Wildman–Crippen LogP) is 1.93. The van der Waals surface area contributed by atoms with Gasteiger partial charge < -0.3 is 0 Å². The van der Waals surface area contributed by atoms with Gasteiger partial charge >= 0.3 is 6.18 Å². The van der Waals surface area contributed by atoms with E-state index < -0.39 is 21.8 Å². The van der Waals surface area contributed by atoms with Crippen molar-refractivity contribution >= 4 is 10.0 Å². The number of nitrogens with one attached hydrogen (secondary N) is 1. The van der Waals surface area contributed by atoms with Gasteiger partial charge in [0.2, 0.25) is 10.0 Å². The van der Waals surface area contributed by atoms with Gasteiger partial charge in [0, 0.05) is 6.54 Å². The lowest BCUT2D eigenvalue weighted by Gasteiger charge is -2.11. The van der Waals surface area contributed by atoms with Crippen molar-refractivity contribution < 1.29 is 21.6 Å². The number of hydrogen-bond donors (Lipinski definition) is 1. The molecule has 1 aromatic rings. The quantitative estimate of drug-likeness (QED) is 0.779. The smallest absolute Gasteiger partial charge is 0.211 e. The van der Waals surface area contributed by atoms with E-state index >= 15 is 0 Å². The average Bonchev–Trinajstić information content (AvgIpc) is 2.36. The Morgan fingerprint density at radius 2 is 1.94 bits per heavy atom. The molecule has 1 N–H and O–H groups in total. The third kappa shape index (κ3) is 2.44. The van der Waals surface area contributed by atoms with E-state index in [2.05, 4.69) is 4.72 Å². The highest BCUT2D eigenvalue weighted by Crippen LogP contribution is 2.32. The molecule has 2 rings (SSSR count). The molecule has 0 spiro atoms. The van der Waals surface area contributed by atoms with Gasteiger partial charge in [-0.2, -0.15) is 13.2 Å². The Morgan fingerprint density at radius 3 is 2.59 bits per heavy atom. The zero-order valence-electron chi connectivity index (χ0n) is 8.71. The summed E-state index contributed by atoms with van der Waals surface area (Å²) in [6.07, 6.45) is -3.49. The lowest BCUT2D eigenvalue weighted by Crippen LogP contribution is -2.23. The van der Waals surface area contributed by atoms with Crippen LogP contribution < -0.4 is 4.72 Å². The van der Waals surface area contributed by atoms with Crippen LogP contribution in [-0.2, 0) is 22.6 Å². The fourth-order valence-electron chi connectivity index (χ4n) is 1.75. The van der Waals surface area contributed by atoms with Crippen LogP contribution in [0.1, 0.15) is 17.5 Å². The van der Waals surface area contributed by atoms with Gasteiger partial charge in [-0.05, 0) is 30.5 Å². The normalized spacial score (nSPS) is 19.5. The van der Waals surface area contributed by atoms with Crippen LogP contribution in [-0.4, -0.2) is 15.0 Å². The molecule has 1 aliphatic heterocycles. The Hall–Kier alpha value is -1.08. The molecular formula is C10H10F3NO2S. The number of halogens is 3. The molecular weight excluding hydrogens is 255 g/mol. The van der Waals surface area contributed by atoms with Crippen molar-refractivity contribution in [2.75, 3.05) is 6.54 Å². The second-order valence-electron chi connectivity index (χ2n) is 3.82. The molecule has 0 unspecified atom stereocenters. The Labute approximate surface area is 96.7 Å². The van der Waals surface area contributed by atoms with Gasteiger partial charge in [-0.1, -0.05) is 6.07 Å². The minimum absolute atomic E-state index is 0.248. The summed E-state index contributed by atoms with van der Waals surface area (Å²) in [5, 5.41) is 0. The Morgan fingerprint density at radius 1 is 1.24 bits per heavy atom. The molecule has 0 amide bonds. The van der Waals surface area contributed by atoms with Gasteiger partial charge in [0.15, 0.2) is 0 Å². The van der Waals surface area contributed by atoms with Crippen molar-refractivity contribution in [3.63, 3.8) is 0 Å². The summed E-state index contributed by atoms with van der Waals surface area (Å²) in [7, 11) is -3.81. The Balaban J connectivity index is 2.60. The maximum Gasteiger partial charge on any atom is 0.416 e. The maximum atomic E-state index is 12.5. The molecule has 0 aliphatic carbocycles. The lowest BCUT2D eigenvalue weighted by molar-refractivity contribution is -0.137. The zero-order chi connectivity index (χ0) is 12.7. The van der Waals surface area contributed by atoms with Crippen LogP contribution in [0.15, 0.2) is 23.1 Å². The van der Waals surface area contributed by atoms with Crippen LogP contribution in [0.3, 0.4) is 0 Å². The van der Waals surface area contributed by atoms with Gasteiger partial charge in [-0.15, -0.1) is 0 Å². The molecule has 0 bridgehead atoms. The number of benzene rings is 1. The summed E-state index contributed by atoms with van der Waals surface area (Å²) in [5.74, 6) is 0. The van der Waals surface area contributed by atoms with E-state index in [-0.39, 0.29) is 11.4 Å². The topological polar surface area (TPSA) is 46.2 Å². The molecule has 94 valence electrons. The van der Waals surface area contributed by atoms with Crippen LogP contribution in [0.5, 0.6) is 0 Å². The largest absolute Gasteiger partial charge is 0.416 e. The molecule has 17 heavy (non-hydrogen) atoms. The number of aryl methyl sites for hydroxylation is 1. The number of hydrogen-bond acceptors (Lipinski definition) is 2. The number of fused-ring (bicyclic) bond motifs is 1. The summed E-state index contributed by atoms with van der Waals surface area (Å²) in [6, 6.07) is 2.85. The van der Waals surface area contributed by atoms with Gasteiger partial charge in [-0.3, -0.25) is 0 Å². The van der Waals surface area contributed by atoms with E-state index in [0.29, 0.717) is 24.5 Å². The van der Waals surface area contributed by atoms with Crippen molar-refractivity contribution in [1.29, 1.82) is 0 Å². The van der Waals surface area contributed by atoms with E-state index in [1.54, 1.807) is 0 Å². The first-order valence-corrected chi connectivity index (χ1v) is 6.49. The number of rotatable bonds is 0. The van der Waals surface area contributed by atoms with Crippen LogP contribution >= 0.6 is 0 Å². The van der Waals surface area contributed by atoms with Crippen LogP contribution in [0.25, 0.3) is 0 Å². The zero-order valence-corrected chi connectivity index (χ0v) is 9.53. The number of alkyl halides is 3. The molecule has 7 heteroatoms. The molecule has 0 fully saturated rings. The molecule has 1 aliphatic rings. The van der Waals surface area contributed by atoms with Gasteiger partial charge in [0.1, 0.15) is 0 Å². The maximum absolute atomic E-state index is 12.5. The summed E-state index contributed by atoms with van der Waals surface area (Å²) in [5.41, 5.74) is -0.508. The van der Waals surface area contributed by atoms with Gasteiger partial charge in [-0.25, -0.2) is 13.1 Å². The molecule has 0 saturated heterocycles. The monoisotopic (exact) mass is 265 g/mol. The number of sulfonamides is 1. The van der Waals surface area contributed by atoms with E-state index in [4.69, 9.17) is 0 Å². The molecule has 1 aromatic carbocycles. The fourth-order valence-corrected chi connectivity index (χ4v) is 3.12. The molecule has 3 nitrogen and oxygen atoms in total. The van der Waals surface area contributed by atoms with Gasteiger partial charge in [0.05, 0.1) is 10.5 Å². The lowest BCUT2D eigenvalue weighted by atomic mass is 10.1. The van der Waals surface area contributed by atoms with Crippen LogP contribution in [0.2, 0.25) is 0 Å². The van der Waals surface area contributed by atoms with Crippen molar-refractivity contribution in [2.24, 2.45) is 0 Å². The van der Waals surface area contributed by atoms with E-state index in [1.807, 2.05) is 0 Å². The van der Waals surface area contributed by atoms with E-state index in [9.17, 15) is 21.6 Å². The minimum atomic E-state index is -4.53. The van der Waals surface area contributed by atoms with Gasteiger partial charge in [0.25, 0.3) is 0 Å². The summed E-state index contributed by atoms with van der Waals surface area (Å²) in [4.78, 5) is -0.259. The predicted molar refractivity (Wildman–Crippen MR) is 55.0 cm³/mol. The van der Waals surface area contributed by atoms with Crippen molar-refractivity contribution in [2.45, 2.75) is 23.9 Å². The minimum Gasteiger partial charge on any atom is -0.211 e. The third-order valence-electron chi connectivity index (χ3n) is 2.60. The highest BCUT2D eigenvalue weighted by Gasteiger charge is 2.33. The highest BCUT2D eigenvalue weighted by atomic mass is 32.2. The first-order chi connectivity index (χ1) is 7.81. The standard InChI is InChI=1S/C10H10F3NO2S/c11-10(12,13)8-4-3-7-2-1-5-14-17(15,16)9(7)6-8/h3-4,6,14H,1-2,5H2. The van der Waals surface area contributed by atoms with Crippen LogP contribution in [0, 0.1) is 0 Å². The molecule has 1 heterocycles. The van der Waals surface area contributed by atoms with Crippen LogP contribution in [0.4, 0.5) is 13.2 Å². The fraction of sp³-hybridized carbons (Fsp3) is 0.400. The Kier molecular flexibility index (Phi) is 2.90. The molecule has 0 aromatic heterocycles. The summed E-state index contributed by atoms with van der Waals surface area (Å²) < 4.78 is 63.1.